The molecule has 134 valence electrons. The fourth-order valence-corrected chi connectivity index (χ4v) is 2.23. The number of carbonyl (C=O) groups excluding carboxylic acids is 2. The van der Waals surface area contributed by atoms with Crippen molar-refractivity contribution in [1.29, 1.82) is 0 Å². The minimum Gasteiger partial charge on any atom is -0.497 e. The Balaban J connectivity index is 0.000000251. The van der Waals surface area contributed by atoms with Crippen LogP contribution in [0.1, 0.15) is 41.0 Å². The van der Waals surface area contributed by atoms with E-state index >= 15 is 0 Å². The molecule has 0 heterocycles. The molecular weight excluding hydrogens is 384 g/mol. The van der Waals surface area contributed by atoms with E-state index in [9.17, 15) is 9.59 Å². The summed E-state index contributed by atoms with van der Waals surface area (Å²) in [6.07, 6.45) is 0.548. The summed E-state index contributed by atoms with van der Waals surface area (Å²) >= 11 is 3.23. The van der Waals surface area contributed by atoms with Gasteiger partial charge < -0.3 is 9.47 Å². The van der Waals surface area contributed by atoms with Crippen molar-refractivity contribution in [1.82, 2.24) is 0 Å². The third kappa shape index (κ3) is 6.70. The first kappa shape index (κ1) is 20.9. The molecule has 0 aromatic heterocycles. The average Bonchev–Trinajstić information content (AvgIpc) is 2.67. The summed E-state index contributed by atoms with van der Waals surface area (Å²) in [5.74, 6) is 1.79. The Morgan fingerprint density at radius 1 is 0.880 bits per heavy atom. The highest BCUT2D eigenvalue weighted by atomic mass is 79.9. The summed E-state index contributed by atoms with van der Waals surface area (Å²) in [7, 11) is 3.21. The van der Waals surface area contributed by atoms with Crippen LogP contribution in [-0.4, -0.2) is 30.6 Å². The number of methoxy groups -OCH3 is 2. The Bertz CT molecular complexity index is 676. The molecule has 0 saturated heterocycles. The molecule has 2 rings (SSSR count). The number of carbonyl (C=O) groups is 2. The van der Waals surface area contributed by atoms with Crippen LogP contribution in [0.25, 0.3) is 0 Å². The maximum atomic E-state index is 11.5. The highest BCUT2D eigenvalue weighted by molar-refractivity contribution is 9.10. The molecule has 5 heteroatoms. The van der Waals surface area contributed by atoms with Gasteiger partial charge in [0.2, 0.25) is 0 Å². The summed E-state index contributed by atoms with van der Waals surface area (Å²) in [4.78, 5) is 22.5. The number of benzene rings is 2. The number of rotatable bonds is 6. The summed E-state index contributed by atoms with van der Waals surface area (Å²) in [5, 5.41) is 0. The molecule has 2 aromatic rings. The SMILES string of the molecule is CCC(=O)c1ccc(OC)cc1.COc1ccc(C(=O)C(C)Br)cc1. The summed E-state index contributed by atoms with van der Waals surface area (Å²) in [6, 6.07) is 14.2. The molecule has 0 N–H and O–H groups in total. The smallest absolute Gasteiger partial charge is 0.176 e. The Labute approximate surface area is 157 Å². The Morgan fingerprint density at radius 3 is 1.60 bits per heavy atom. The van der Waals surface area contributed by atoms with Gasteiger partial charge in [-0.15, -0.1) is 0 Å². The van der Waals surface area contributed by atoms with Crippen LogP contribution in [0.5, 0.6) is 11.5 Å². The van der Waals surface area contributed by atoms with E-state index in [0.717, 1.165) is 17.1 Å². The zero-order valence-electron chi connectivity index (χ0n) is 14.9. The van der Waals surface area contributed by atoms with E-state index in [1.165, 1.54) is 0 Å². The topological polar surface area (TPSA) is 52.6 Å². The number of Topliss-reactive ketones (excluding diaryl/α,β-unsaturated/α-hetero) is 2. The highest BCUT2D eigenvalue weighted by Crippen LogP contribution is 2.15. The first-order valence-electron chi connectivity index (χ1n) is 7.92. The van der Waals surface area contributed by atoms with E-state index in [2.05, 4.69) is 15.9 Å². The molecule has 2 aromatic carbocycles. The lowest BCUT2D eigenvalue weighted by Crippen LogP contribution is -2.09. The highest BCUT2D eigenvalue weighted by Gasteiger charge is 2.10. The minimum absolute atomic E-state index is 0.0858. The van der Waals surface area contributed by atoms with Gasteiger partial charge in [-0.1, -0.05) is 22.9 Å². The maximum Gasteiger partial charge on any atom is 0.176 e. The van der Waals surface area contributed by atoms with Gasteiger partial charge in [-0.05, 0) is 55.5 Å². The fourth-order valence-electron chi connectivity index (χ4n) is 1.97. The lowest BCUT2D eigenvalue weighted by molar-refractivity contribution is 0.0983. The van der Waals surface area contributed by atoms with Crippen LogP contribution >= 0.6 is 15.9 Å². The van der Waals surface area contributed by atoms with Gasteiger partial charge >= 0.3 is 0 Å². The van der Waals surface area contributed by atoms with Crippen molar-refractivity contribution in [2.24, 2.45) is 0 Å². The molecular formula is C20H23BrO4. The van der Waals surface area contributed by atoms with Gasteiger partial charge in [0.1, 0.15) is 11.5 Å². The number of halogens is 1. The normalized spacial score (nSPS) is 10.9. The molecule has 25 heavy (non-hydrogen) atoms. The number of hydrogen-bond donors (Lipinski definition) is 0. The molecule has 0 aliphatic heterocycles. The van der Waals surface area contributed by atoms with Crippen LogP contribution < -0.4 is 9.47 Å². The standard InChI is InChI=1S/C10H11BrO2.C10H12O2/c1-7(11)10(12)8-3-5-9(13-2)6-4-8;1-3-10(11)8-4-6-9(12-2)7-5-8/h3-7H,1-2H3;4-7H,3H2,1-2H3. The number of alkyl halides is 1. The van der Waals surface area contributed by atoms with E-state index < -0.39 is 0 Å². The van der Waals surface area contributed by atoms with E-state index in [4.69, 9.17) is 9.47 Å². The molecule has 4 nitrogen and oxygen atoms in total. The van der Waals surface area contributed by atoms with E-state index in [-0.39, 0.29) is 16.4 Å². The zero-order valence-corrected chi connectivity index (χ0v) is 16.5. The van der Waals surface area contributed by atoms with Gasteiger partial charge in [0.25, 0.3) is 0 Å². The lowest BCUT2D eigenvalue weighted by atomic mass is 10.1. The van der Waals surface area contributed by atoms with Crippen molar-refractivity contribution in [3.8, 4) is 11.5 Å². The molecule has 0 fully saturated rings. The van der Waals surface area contributed by atoms with Gasteiger partial charge in [-0.2, -0.15) is 0 Å². The average molecular weight is 407 g/mol. The predicted octanol–water partition coefficient (Wildman–Crippen LogP) is 4.95. The van der Waals surface area contributed by atoms with Crippen LogP contribution in [-0.2, 0) is 0 Å². The van der Waals surface area contributed by atoms with E-state index in [1.807, 2.05) is 13.8 Å². The van der Waals surface area contributed by atoms with Crippen molar-refractivity contribution in [2.45, 2.75) is 25.1 Å². The quantitative estimate of drug-likeness (QED) is 0.502. The number of ether oxygens (including phenoxy) is 2. The van der Waals surface area contributed by atoms with Crippen molar-refractivity contribution in [3.05, 3.63) is 59.7 Å². The van der Waals surface area contributed by atoms with Crippen LogP contribution in [0.2, 0.25) is 0 Å². The van der Waals surface area contributed by atoms with Gasteiger partial charge in [0.15, 0.2) is 11.6 Å². The molecule has 0 aliphatic carbocycles. The third-order valence-electron chi connectivity index (χ3n) is 3.47. The molecule has 1 atom stereocenters. The fraction of sp³-hybridized carbons (Fsp3) is 0.300. The number of ketones is 2. The van der Waals surface area contributed by atoms with Crippen LogP contribution in [0.3, 0.4) is 0 Å². The predicted molar refractivity (Wildman–Crippen MR) is 103 cm³/mol. The maximum absolute atomic E-state index is 11.5. The minimum atomic E-state index is -0.138. The molecule has 0 radical (unpaired) electrons. The van der Waals surface area contributed by atoms with Crippen molar-refractivity contribution in [2.75, 3.05) is 14.2 Å². The Kier molecular flexibility index (Phi) is 8.92. The second kappa shape index (κ2) is 10.7. The summed E-state index contributed by atoms with van der Waals surface area (Å²) in [5.41, 5.74) is 1.45. The molecule has 0 saturated carbocycles. The van der Waals surface area contributed by atoms with Gasteiger partial charge in [-0.25, -0.2) is 0 Å². The number of hydrogen-bond acceptors (Lipinski definition) is 4. The third-order valence-corrected chi connectivity index (χ3v) is 3.88. The molecule has 0 aliphatic rings. The molecule has 0 amide bonds. The summed E-state index contributed by atoms with van der Waals surface area (Å²) in [6.45, 7) is 3.67. The first-order valence-corrected chi connectivity index (χ1v) is 8.84. The van der Waals surface area contributed by atoms with Crippen molar-refractivity contribution < 1.29 is 19.1 Å². The lowest BCUT2D eigenvalue weighted by Gasteiger charge is -2.03. The molecule has 1 unspecified atom stereocenters. The second-order valence-corrected chi connectivity index (χ2v) is 6.59. The van der Waals surface area contributed by atoms with Gasteiger partial charge in [0.05, 0.1) is 19.0 Å². The van der Waals surface area contributed by atoms with Crippen LogP contribution in [0.15, 0.2) is 48.5 Å². The van der Waals surface area contributed by atoms with Crippen LogP contribution in [0, 0.1) is 0 Å². The van der Waals surface area contributed by atoms with Gasteiger partial charge in [0, 0.05) is 17.5 Å². The Hall–Kier alpha value is -2.14. The van der Waals surface area contributed by atoms with Crippen molar-refractivity contribution in [3.63, 3.8) is 0 Å². The largest absolute Gasteiger partial charge is 0.497 e. The Morgan fingerprint density at radius 2 is 1.28 bits per heavy atom. The second-order valence-electron chi connectivity index (χ2n) is 5.21. The zero-order chi connectivity index (χ0) is 18.8. The van der Waals surface area contributed by atoms with Crippen LogP contribution in [0.4, 0.5) is 0 Å². The summed E-state index contributed by atoms with van der Waals surface area (Å²) < 4.78 is 9.96. The molecule has 0 bridgehead atoms. The first-order chi connectivity index (χ1) is 11.9. The van der Waals surface area contributed by atoms with Gasteiger partial charge in [-0.3, -0.25) is 9.59 Å². The monoisotopic (exact) mass is 406 g/mol. The van der Waals surface area contributed by atoms with Crippen molar-refractivity contribution >= 4 is 27.5 Å². The van der Waals surface area contributed by atoms with E-state index in [0.29, 0.717) is 12.0 Å². The van der Waals surface area contributed by atoms with E-state index in [1.54, 1.807) is 62.8 Å². The molecule has 0 spiro atoms.